The molecule has 13 heteroatoms. The van der Waals surface area contributed by atoms with Crippen LogP contribution >= 0.6 is 11.6 Å². The van der Waals surface area contributed by atoms with Gasteiger partial charge in [0.2, 0.25) is 5.75 Å². The number of halogens is 2. The molecule has 2 fully saturated rings. The molecular formula is C27H29ClFN7O4. The summed E-state index contributed by atoms with van der Waals surface area (Å²) in [5.74, 6) is -0.660. The molecule has 0 aliphatic carbocycles. The first-order chi connectivity index (χ1) is 19.4. The molecule has 5 heterocycles. The predicted molar refractivity (Wildman–Crippen MR) is 150 cm³/mol. The lowest BCUT2D eigenvalue weighted by atomic mass is 10.1. The molecule has 0 saturated carbocycles. The third kappa shape index (κ3) is 5.19. The molecule has 0 unspecified atom stereocenters. The van der Waals surface area contributed by atoms with Crippen LogP contribution in [0.2, 0.25) is 0 Å². The van der Waals surface area contributed by atoms with Gasteiger partial charge in [-0.15, -0.1) is 11.6 Å². The summed E-state index contributed by atoms with van der Waals surface area (Å²) in [6.45, 7) is 3.34. The molecule has 4 aromatic rings. The number of hydrogen-bond donors (Lipinski definition) is 2. The Morgan fingerprint density at radius 2 is 1.82 bits per heavy atom. The van der Waals surface area contributed by atoms with Crippen LogP contribution in [0.25, 0.3) is 17.2 Å². The Morgan fingerprint density at radius 3 is 2.50 bits per heavy atom. The van der Waals surface area contributed by atoms with Crippen LogP contribution in [0.15, 0.2) is 47.5 Å². The number of amides is 2. The van der Waals surface area contributed by atoms with E-state index >= 15 is 0 Å². The molecule has 2 aliphatic heterocycles. The maximum atomic E-state index is 13.4. The second kappa shape index (κ2) is 11.5. The lowest BCUT2D eigenvalue weighted by molar-refractivity contribution is 0.122. The zero-order valence-electron chi connectivity index (χ0n) is 22.1. The van der Waals surface area contributed by atoms with Gasteiger partial charge in [-0.3, -0.25) is 14.1 Å². The van der Waals surface area contributed by atoms with Crippen LogP contribution in [-0.4, -0.2) is 88.2 Å². The molecule has 210 valence electrons. The second-order valence-corrected chi connectivity index (χ2v) is 9.41. The fourth-order valence-corrected chi connectivity index (χ4v) is 4.82. The minimum atomic E-state index is -0.669. The maximum absolute atomic E-state index is 13.4. The summed E-state index contributed by atoms with van der Waals surface area (Å²) in [5, 5.41) is 10.9. The highest BCUT2D eigenvalue weighted by Crippen LogP contribution is 2.32. The number of aromatic hydroxyl groups is 1. The van der Waals surface area contributed by atoms with E-state index in [1.165, 1.54) is 22.9 Å². The zero-order chi connectivity index (χ0) is 28.4. The zero-order valence-corrected chi connectivity index (χ0v) is 22.9. The third-order valence-electron chi connectivity index (χ3n) is 6.91. The van der Waals surface area contributed by atoms with Crippen LogP contribution in [0, 0.1) is 5.82 Å². The fraction of sp³-hybridized carbons (Fsp3) is 0.333. The number of rotatable bonds is 5. The molecule has 0 bridgehead atoms. The van der Waals surface area contributed by atoms with E-state index < -0.39 is 11.3 Å². The van der Waals surface area contributed by atoms with Crippen molar-refractivity contribution in [3.05, 3.63) is 70.2 Å². The smallest absolute Gasteiger partial charge is 0.324 e. The van der Waals surface area contributed by atoms with Gasteiger partial charge >= 0.3 is 11.6 Å². The molecule has 0 spiro atoms. The molecule has 3 aromatic heterocycles. The number of H-pyrrole nitrogens is 1. The minimum Gasteiger partial charge on any atom is -0.501 e. The largest absolute Gasteiger partial charge is 0.501 e. The number of imidazole rings is 1. The van der Waals surface area contributed by atoms with E-state index in [1.807, 2.05) is 6.07 Å². The Labute approximate surface area is 234 Å². The standard InChI is InChI=1S/C26H26FN7O4.CH3Cl/c1-31-6-7-33(26(31)37)20-13-19(32-8-10-38-11-9-32)15-34-24(20)30-21(22(35)25(34)36)23-28-14-18(29-23)12-16-2-4-17(27)5-3-16;1-2/h2-5,13-15,35H,6-12H2,1H3,(H,28,29);1H3. The van der Waals surface area contributed by atoms with Gasteiger partial charge in [-0.2, -0.15) is 0 Å². The molecule has 2 aliphatic rings. The van der Waals surface area contributed by atoms with Crippen LogP contribution < -0.4 is 15.4 Å². The van der Waals surface area contributed by atoms with Gasteiger partial charge in [0.25, 0.3) is 0 Å². The van der Waals surface area contributed by atoms with E-state index in [4.69, 9.17) is 4.74 Å². The van der Waals surface area contributed by atoms with Gasteiger partial charge in [-0.05, 0) is 23.8 Å². The number of fused-ring (bicyclic) bond motifs is 1. The second-order valence-electron chi connectivity index (χ2n) is 9.41. The summed E-state index contributed by atoms with van der Waals surface area (Å²) >= 11 is 4.64. The van der Waals surface area contributed by atoms with Crippen LogP contribution in [0.5, 0.6) is 5.75 Å². The van der Waals surface area contributed by atoms with Crippen molar-refractivity contribution < 1.29 is 19.0 Å². The van der Waals surface area contributed by atoms with Gasteiger partial charge in [0.05, 0.1) is 24.6 Å². The van der Waals surface area contributed by atoms with Crippen molar-refractivity contribution in [2.45, 2.75) is 6.42 Å². The number of likely N-dealkylation sites (N-methyl/N-ethyl adjacent to an activating group) is 1. The van der Waals surface area contributed by atoms with Crippen molar-refractivity contribution in [3.8, 4) is 17.3 Å². The molecule has 6 rings (SSSR count). The number of hydrogen-bond acceptors (Lipinski definition) is 7. The van der Waals surface area contributed by atoms with Crippen molar-refractivity contribution in [1.29, 1.82) is 0 Å². The van der Waals surface area contributed by atoms with Crippen molar-refractivity contribution in [3.63, 3.8) is 0 Å². The summed E-state index contributed by atoms with van der Waals surface area (Å²) in [7, 11) is 1.72. The molecule has 2 amide bonds. The van der Waals surface area contributed by atoms with E-state index in [9.17, 15) is 19.1 Å². The highest BCUT2D eigenvalue weighted by molar-refractivity contribution is 6.15. The van der Waals surface area contributed by atoms with E-state index in [2.05, 4.69) is 31.5 Å². The molecular weight excluding hydrogens is 541 g/mol. The summed E-state index contributed by atoms with van der Waals surface area (Å²) < 4.78 is 20.0. The number of morpholine rings is 1. The maximum Gasteiger partial charge on any atom is 0.324 e. The number of pyridine rings is 1. The Bertz CT molecular complexity index is 1580. The number of alkyl halides is 1. The van der Waals surface area contributed by atoms with E-state index in [0.29, 0.717) is 57.2 Å². The molecule has 40 heavy (non-hydrogen) atoms. The van der Waals surface area contributed by atoms with E-state index in [-0.39, 0.29) is 29.0 Å². The molecule has 0 radical (unpaired) electrons. The molecule has 2 saturated heterocycles. The van der Waals surface area contributed by atoms with Crippen LogP contribution in [-0.2, 0) is 11.2 Å². The first-order valence-electron chi connectivity index (χ1n) is 12.7. The van der Waals surface area contributed by atoms with Gasteiger partial charge in [0.1, 0.15) is 5.82 Å². The summed E-state index contributed by atoms with van der Waals surface area (Å²) in [4.78, 5) is 43.8. The van der Waals surface area contributed by atoms with E-state index in [1.54, 1.807) is 41.4 Å². The van der Waals surface area contributed by atoms with E-state index in [0.717, 1.165) is 11.3 Å². The first kappa shape index (κ1) is 27.4. The third-order valence-corrected chi connectivity index (χ3v) is 6.91. The Balaban J connectivity index is 0.00000158. The molecule has 11 nitrogen and oxygen atoms in total. The number of nitrogens with one attached hydrogen (secondary N) is 1. The number of anilines is 2. The summed E-state index contributed by atoms with van der Waals surface area (Å²) in [5.41, 5.74) is 2.33. The highest BCUT2D eigenvalue weighted by atomic mass is 35.5. The normalized spacial score (nSPS) is 15.5. The number of carbonyl (C=O) groups excluding carboxylic acids is 1. The Morgan fingerprint density at radius 1 is 1.10 bits per heavy atom. The Hall–Kier alpha value is -4.16. The number of benzene rings is 1. The van der Waals surface area contributed by atoms with Crippen LogP contribution in [0.1, 0.15) is 11.3 Å². The van der Waals surface area contributed by atoms with Gasteiger partial charge in [-0.1, -0.05) is 12.1 Å². The van der Waals surface area contributed by atoms with Gasteiger partial charge in [-0.25, -0.2) is 19.2 Å². The Kier molecular flexibility index (Phi) is 7.90. The quantitative estimate of drug-likeness (QED) is 0.355. The number of urea groups is 1. The van der Waals surface area contributed by atoms with Gasteiger partial charge < -0.3 is 24.6 Å². The van der Waals surface area contributed by atoms with Crippen LogP contribution in [0.4, 0.5) is 20.6 Å². The van der Waals surface area contributed by atoms with Crippen LogP contribution in [0.3, 0.4) is 0 Å². The lowest BCUT2D eigenvalue weighted by Crippen LogP contribution is -2.37. The van der Waals surface area contributed by atoms with Crippen molar-refractivity contribution in [1.82, 2.24) is 24.3 Å². The minimum absolute atomic E-state index is 0.0132. The molecule has 1 aromatic carbocycles. The average Bonchev–Trinajstić information content (AvgIpc) is 3.58. The number of aromatic amines is 1. The SMILES string of the molecule is CCl.CN1CCN(c2cc(N3CCOCC3)cn3c(=O)c(O)c(-c4ncc(Cc5ccc(F)cc5)[nH]4)nc23)C1=O. The monoisotopic (exact) mass is 569 g/mol. The fourth-order valence-electron chi connectivity index (χ4n) is 4.82. The van der Waals surface area contributed by atoms with Crippen molar-refractivity contribution in [2.75, 3.05) is 62.6 Å². The number of carbonyl (C=O) groups is 1. The lowest BCUT2D eigenvalue weighted by Gasteiger charge is -2.30. The van der Waals surface area contributed by atoms with Gasteiger partial charge in [0.15, 0.2) is 17.2 Å². The molecule has 0 atom stereocenters. The van der Waals surface area contributed by atoms with Gasteiger partial charge in [0, 0.05) is 64.1 Å². The van der Waals surface area contributed by atoms with Crippen molar-refractivity contribution >= 4 is 34.7 Å². The summed E-state index contributed by atoms with van der Waals surface area (Å²) in [6.07, 6.45) is 5.14. The number of nitrogens with zero attached hydrogens (tertiary/aromatic N) is 6. The molecule has 2 N–H and O–H groups in total. The first-order valence-corrected chi connectivity index (χ1v) is 13.5. The average molecular weight is 570 g/mol. The van der Waals surface area contributed by atoms with Crippen molar-refractivity contribution in [2.24, 2.45) is 0 Å². The predicted octanol–water partition coefficient (Wildman–Crippen LogP) is 3.08. The number of aromatic nitrogens is 4. The highest BCUT2D eigenvalue weighted by Gasteiger charge is 2.31. The topological polar surface area (TPSA) is 119 Å². The number of ether oxygens (including phenoxy) is 1. The summed E-state index contributed by atoms with van der Waals surface area (Å²) in [6, 6.07) is 7.77.